The van der Waals surface area contributed by atoms with Gasteiger partial charge in [0.2, 0.25) is 5.91 Å². The SMILES string of the molecule is O=C(CCn1cc([N+](=O)[O-])cn1)Nc1ccc2nc(C3CC3)oc2c1. The van der Waals surface area contributed by atoms with Gasteiger partial charge in [0.15, 0.2) is 11.5 Å². The predicted octanol–water partition coefficient (Wildman–Crippen LogP) is 2.84. The Morgan fingerprint density at radius 3 is 3.00 bits per heavy atom. The number of carbonyl (C=O) groups is 1. The maximum Gasteiger partial charge on any atom is 0.306 e. The number of fused-ring (bicyclic) bond motifs is 1. The molecule has 2 aromatic heterocycles. The summed E-state index contributed by atoms with van der Waals surface area (Å²) in [5, 5.41) is 17.2. The third-order valence-corrected chi connectivity index (χ3v) is 4.01. The van der Waals surface area contributed by atoms with Crippen LogP contribution in [0.2, 0.25) is 0 Å². The number of carbonyl (C=O) groups excluding carboxylic acids is 1. The van der Waals surface area contributed by atoms with Crippen molar-refractivity contribution in [2.75, 3.05) is 5.32 Å². The van der Waals surface area contributed by atoms with Crippen LogP contribution in [0.1, 0.15) is 31.1 Å². The molecule has 0 atom stereocenters. The molecule has 1 saturated carbocycles. The van der Waals surface area contributed by atoms with Crippen LogP contribution in [0.25, 0.3) is 11.1 Å². The standard InChI is InChI=1S/C16H15N5O4/c22-15(5-6-20-9-12(8-17-20)21(23)24)18-11-3-4-13-14(7-11)25-16(19-13)10-1-2-10/h3-4,7-10H,1-2,5-6H2,(H,18,22). The minimum atomic E-state index is -0.522. The predicted molar refractivity (Wildman–Crippen MR) is 88.1 cm³/mol. The van der Waals surface area contributed by atoms with E-state index in [1.165, 1.54) is 10.9 Å². The van der Waals surface area contributed by atoms with E-state index in [0.29, 0.717) is 17.2 Å². The number of oxazole rings is 1. The molecule has 0 bridgehead atoms. The molecule has 0 spiro atoms. The fourth-order valence-corrected chi connectivity index (χ4v) is 2.53. The summed E-state index contributed by atoms with van der Waals surface area (Å²) in [5.74, 6) is 0.988. The number of amides is 1. The van der Waals surface area contributed by atoms with Crippen molar-refractivity contribution in [3.8, 4) is 0 Å². The molecule has 128 valence electrons. The van der Waals surface area contributed by atoms with Gasteiger partial charge in [-0.15, -0.1) is 0 Å². The number of anilines is 1. The maximum atomic E-state index is 12.1. The third kappa shape index (κ3) is 3.35. The molecule has 0 unspecified atom stereocenters. The average molecular weight is 341 g/mol. The second kappa shape index (κ2) is 6.00. The second-order valence-corrected chi connectivity index (χ2v) is 6.03. The monoisotopic (exact) mass is 341 g/mol. The zero-order chi connectivity index (χ0) is 17.4. The molecule has 1 aliphatic carbocycles. The summed E-state index contributed by atoms with van der Waals surface area (Å²) >= 11 is 0. The zero-order valence-corrected chi connectivity index (χ0v) is 13.2. The van der Waals surface area contributed by atoms with Gasteiger partial charge in [-0.25, -0.2) is 4.98 Å². The van der Waals surface area contributed by atoms with E-state index in [1.54, 1.807) is 12.1 Å². The van der Waals surface area contributed by atoms with Crippen molar-refractivity contribution in [2.45, 2.75) is 31.7 Å². The third-order valence-electron chi connectivity index (χ3n) is 4.01. The van der Waals surface area contributed by atoms with Gasteiger partial charge >= 0.3 is 5.69 Å². The molecule has 2 heterocycles. The summed E-state index contributed by atoms with van der Waals surface area (Å²) in [6.45, 7) is 0.260. The summed E-state index contributed by atoms with van der Waals surface area (Å²) in [6, 6.07) is 5.35. The van der Waals surface area contributed by atoms with E-state index < -0.39 is 4.92 Å². The van der Waals surface area contributed by atoms with Crippen molar-refractivity contribution in [3.63, 3.8) is 0 Å². The summed E-state index contributed by atoms with van der Waals surface area (Å²) < 4.78 is 7.10. The van der Waals surface area contributed by atoms with Crippen LogP contribution in [0.4, 0.5) is 11.4 Å². The van der Waals surface area contributed by atoms with Crippen molar-refractivity contribution in [1.82, 2.24) is 14.8 Å². The van der Waals surface area contributed by atoms with Gasteiger partial charge in [-0.05, 0) is 25.0 Å². The summed E-state index contributed by atoms with van der Waals surface area (Å²) in [5.41, 5.74) is 1.97. The lowest BCUT2D eigenvalue weighted by Crippen LogP contribution is -2.14. The molecule has 1 fully saturated rings. The topological polar surface area (TPSA) is 116 Å². The largest absolute Gasteiger partial charge is 0.440 e. The Labute approximate surface area is 141 Å². The molecule has 3 aromatic rings. The lowest BCUT2D eigenvalue weighted by atomic mass is 10.2. The summed E-state index contributed by atoms with van der Waals surface area (Å²) in [6.07, 6.45) is 4.84. The fraction of sp³-hybridized carbons (Fsp3) is 0.312. The lowest BCUT2D eigenvalue weighted by Gasteiger charge is -2.05. The normalized spacial score (nSPS) is 13.9. The Balaban J connectivity index is 1.38. The highest BCUT2D eigenvalue weighted by Gasteiger charge is 2.28. The van der Waals surface area contributed by atoms with E-state index >= 15 is 0 Å². The molecule has 0 aliphatic heterocycles. The molecule has 1 aliphatic rings. The van der Waals surface area contributed by atoms with Crippen LogP contribution in [0, 0.1) is 10.1 Å². The van der Waals surface area contributed by atoms with E-state index in [9.17, 15) is 14.9 Å². The summed E-state index contributed by atoms with van der Waals surface area (Å²) in [4.78, 5) is 26.6. The minimum Gasteiger partial charge on any atom is -0.440 e. The zero-order valence-electron chi connectivity index (χ0n) is 13.2. The van der Waals surface area contributed by atoms with Gasteiger partial charge in [-0.3, -0.25) is 19.6 Å². The van der Waals surface area contributed by atoms with E-state index in [-0.39, 0.29) is 24.6 Å². The van der Waals surface area contributed by atoms with E-state index in [2.05, 4.69) is 15.4 Å². The van der Waals surface area contributed by atoms with E-state index in [1.807, 2.05) is 6.07 Å². The van der Waals surface area contributed by atoms with Crippen LogP contribution in [-0.4, -0.2) is 25.6 Å². The first-order valence-electron chi connectivity index (χ1n) is 7.96. The molecule has 1 N–H and O–H groups in total. The molecule has 25 heavy (non-hydrogen) atoms. The van der Waals surface area contributed by atoms with Crippen LogP contribution >= 0.6 is 0 Å². The molecule has 9 nitrogen and oxygen atoms in total. The molecule has 1 amide bonds. The number of nitro groups is 1. The van der Waals surface area contributed by atoms with Crippen LogP contribution in [0.15, 0.2) is 35.0 Å². The van der Waals surface area contributed by atoms with E-state index in [0.717, 1.165) is 30.4 Å². The number of hydrogen-bond acceptors (Lipinski definition) is 6. The minimum absolute atomic E-state index is 0.0948. The highest BCUT2D eigenvalue weighted by Crippen LogP contribution is 2.40. The molecule has 1 aromatic carbocycles. The Bertz CT molecular complexity index is 956. The van der Waals surface area contributed by atoms with Gasteiger partial charge in [0.25, 0.3) is 0 Å². The molecule has 9 heteroatoms. The van der Waals surface area contributed by atoms with Crippen LogP contribution in [0.3, 0.4) is 0 Å². The summed E-state index contributed by atoms with van der Waals surface area (Å²) in [7, 11) is 0. The molecule has 4 rings (SSSR count). The van der Waals surface area contributed by atoms with Crippen LogP contribution < -0.4 is 5.32 Å². The Morgan fingerprint density at radius 2 is 2.28 bits per heavy atom. The van der Waals surface area contributed by atoms with Crippen molar-refractivity contribution in [3.05, 3.63) is 46.6 Å². The Morgan fingerprint density at radius 1 is 1.44 bits per heavy atom. The number of nitrogens with zero attached hydrogens (tertiary/aromatic N) is 4. The number of aryl methyl sites for hydroxylation is 1. The van der Waals surface area contributed by atoms with E-state index in [4.69, 9.17) is 4.42 Å². The highest BCUT2D eigenvalue weighted by molar-refractivity contribution is 5.92. The number of nitrogens with one attached hydrogen (secondary N) is 1. The molecular formula is C16H15N5O4. The fourth-order valence-electron chi connectivity index (χ4n) is 2.53. The first kappa shape index (κ1) is 15.3. The van der Waals surface area contributed by atoms with Gasteiger partial charge in [-0.1, -0.05) is 0 Å². The van der Waals surface area contributed by atoms with Crippen LogP contribution in [-0.2, 0) is 11.3 Å². The smallest absolute Gasteiger partial charge is 0.306 e. The van der Waals surface area contributed by atoms with Crippen molar-refractivity contribution < 1.29 is 14.1 Å². The first-order valence-corrected chi connectivity index (χ1v) is 7.96. The second-order valence-electron chi connectivity index (χ2n) is 6.03. The average Bonchev–Trinajstić information content (AvgIpc) is 3.17. The highest BCUT2D eigenvalue weighted by atomic mass is 16.6. The van der Waals surface area contributed by atoms with Crippen molar-refractivity contribution >= 4 is 28.4 Å². The number of rotatable bonds is 6. The maximum absolute atomic E-state index is 12.1. The van der Waals surface area contributed by atoms with Crippen LogP contribution in [0.5, 0.6) is 0 Å². The molecule has 0 saturated heterocycles. The molecular weight excluding hydrogens is 326 g/mol. The van der Waals surface area contributed by atoms with Crippen molar-refractivity contribution in [2.24, 2.45) is 0 Å². The first-order chi connectivity index (χ1) is 12.1. The van der Waals surface area contributed by atoms with Gasteiger partial charge in [0.05, 0.1) is 4.92 Å². The Kier molecular flexibility index (Phi) is 3.68. The number of benzene rings is 1. The number of aromatic nitrogens is 3. The quantitative estimate of drug-likeness (QED) is 0.544. The van der Waals surface area contributed by atoms with Gasteiger partial charge in [0.1, 0.15) is 17.9 Å². The lowest BCUT2D eigenvalue weighted by molar-refractivity contribution is -0.385. The number of hydrogen-bond donors (Lipinski definition) is 1. The van der Waals surface area contributed by atoms with Crippen molar-refractivity contribution in [1.29, 1.82) is 0 Å². The Hall–Kier alpha value is -3.23. The van der Waals surface area contributed by atoms with Gasteiger partial charge in [0, 0.05) is 30.6 Å². The van der Waals surface area contributed by atoms with Gasteiger partial charge in [-0.2, -0.15) is 5.10 Å². The van der Waals surface area contributed by atoms with Gasteiger partial charge < -0.3 is 9.73 Å². The molecule has 0 radical (unpaired) electrons.